The molecule has 4 aromatic heterocycles. The third-order valence-electron chi connectivity index (χ3n) is 14.1. The van der Waals surface area contributed by atoms with Crippen molar-refractivity contribution in [3.05, 3.63) is 145 Å². The van der Waals surface area contributed by atoms with Crippen molar-refractivity contribution in [2.45, 2.75) is 76.0 Å². The maximum absolute atomic E-state index is 7.23. The summed E-state index contributed by atoms with van der Waals surface area (Å²) in [5, 5.41) is 9.58. The molecule has 7 aromatic carbocycles. The first-order chi connectivity index (χ1) is 28.8. The van der Waals surface area contributed by atoms with Gasteiger partial charge in [-0.3, -0.25) is 0 Å². The van der Waals surface area contributed by atoms with Crippen LogP contribution in [0, 0.1) is 0 Å². The van der Waals surface area contributed by atoms with Gasteiger partial charge in [0.15, 0.2) is 11.2 Å². The molecule has 4 heteroatoms. The van der Waals surface area contributed by atoms with Crippen LogP contribution in [-0.4, -0.2) is 9.13 Å². The zero-order valence-corrected chi connectivity index (χ0v) is 32.6. The largest absolute Gasteiger partial charge is 0.454 e. The lowest BCUT2D eigenvalue weighted by Gasteiger charge is -2.25. The molecule has 0 N–H and O–H groups in total. The summed E-state index contributed by atoms with van der Waals surface area (Å²) in [6.45, 7) is 0. The highest BCUT2D eigenvalue weighted by molar-refractivity contribution is 6.19. The molecular formula is C54H44N2O2. The Balaban J connectivity index is 1.10. The van der Waals surface area contributed by atoms with Crippen LogP contribution < -0.4 is 0 Å². The number of aromatic nitrogens is 2. The molecule has 2 fully saturated rings. The van der Waals surface area contributed by atoms with E-state index in [9.17, 15) is 0 Å². The van der Waals surface area contributed by atoms with Gasteiger partial charge in [-0.2, -0.15) is 0 Å². The Hall–Kier alpha value is -6.26. The molecule has 2 aliphatic carbocycles. The van der Waals surface area contributed by atoms with Crippen molar-refractivity contribution >= 4 is 87.5 Å². The van der Waals surface area contributed by atoms with Crippen molar-refractivity contribution < 1.29 is 8.83 Å². The van der Waals surface area contributed by atoms with Crippen LogP contribution in [0.5, 0.6) is 0 Å². The standard InChI is InChI=1S/C54H44N2O2/c1-3-15-33(16-4-1)35-27-29-41-43-31-50-44(32-49(43)57-53(41)51(35)55-45-23-11-7-19-37(45)38-20-8-12-24-46(38)55)42-30-28-36(34-17-5-2-6-18-34)52(54(42)58-50)56-47-25-13-9-21-39(47)40-22-10-14-26-48(40)56/h7-14,19-34H,1-6,15-18H2. The smallest absolute Gasteiger partial charge is 0.159 e. The molecule has 0 amide bonds. The van der Waals surface area contributed by atoms with Gasteiger partial charge < -0.3 is 18.0 Å². The van der Waals surface area contributed by atoms with Crippen LogP contribution in [0.3, 0.4) is 0 Å². The number of furan rings is 2. The Morgan fingerprint density at radius 2 is 0.690 bits per heavy atom. The van der Waals surface area contributed by atoms with Crippen LogP contribution in [0.15, 0.2) is 142 Å². The van der Waals surface area contributed by atoms with Gasteiger partial charge >= 0.3 is 0 Å². The Morgan fingerprint density at radius 3 is 1.05 bits per heavy atom. The summed E-state index contributed by atoms with van der Waals surface area (Å²) in [6.07, 6.45) is 12.6. The van der Waals surface area contributed by atoms with E-state index in [1.807, 2.05) is 0 Å². The number of hydrogen-bond donors (Lipinski definition) is 0. The number of fused-ring (bicyclic) bond motifs is 12. The first-order valence-corrected chi connectivity index (χ1v) is 21.7. The second kappa shape index (κ2) is 12.6. The van der Waals surface area contributed by atoms with Gasteiger partial charge in [-0.25, -0.2) is 0 Å². The molecule has 2 saturated carbocycles. The van der Waals surface area contributed by atoms with E-state index >= 15 is 0 Å². The molecule has 0 bridgehead atoms. The molecule has 4 nitrogen and oxygen atoms in total. The molecule has 4 heterocycles. The van der Waals surface area contributed by atoms with Gasteiger partial charge in [0.2, 0.25) is 0 Å². The van der Waals surface area contributed by atoms with E-state index in [2.05, 4.69) is 143 Å². The quantitative estimate of drug-likeness (QED) is 0.179. The molecule has 0 saturated heterocycles. The van der Waals surface area contributed by atoms with Crippen molar-refractivity contribution in [2.24, 2.45) is 0 Å². The minimum atomic E-state index is 0.499. The van der Waals surface area contributed by atoms with Crippen molar-refractivity contribution in [2.75, 3.05) is 0 Å². The predicted octanol–water partition coefficient (Wildman–Crippen LogP) is 15.8. The van der Waals surface area contributed by atoms with E-state index in [0.29, 0.717) is 11.8 Å². The number of rotatable bonds is 4. The summed E-state index contributed by atoms with van der Waals surface area (Å²) < 4.78 is 19.5. The SMILES string of the molecule is c1ccc2c(c1)c1ccccc1n2-c1c(C2CCCCC2)ccc2c1oc1cc3c(cc12)oc1c(-n2c4ccccc4c4ccccc42)c(C2CCCCC2)ccc13. The average Bonchev–Trinajstić information content (AvgIpc) is 4.03. The van der Waals surface area contributed by atoms with E-state index in [1.165, 1.54) is 130 Å². The second-order valence-corrected chi connectivity index (χ2v) is 17.2. The topological polar surface area (TPSA) is 36.1 Å². The van der Waals surface area contributed by atoms with Gasteiger partial charge in [0, 0.05) is 43.1 Å². The Bertz CT molecular complexity index is 3090. The van der Waals surface area contributed by atoms with Gasteiger partial charge in [0.05, 0.1) is 33.4 Å². The molecule has 0 unspecified atom stereocenters. The number of hydrogen-bond acceptors (Lipinski definition) is 2. The van der Waals surface area contributed by atoms with E-state index in [4.69, 9.17) is 8.83 Å². The Morgan fingerprint density at radius 1 is 0.345 bits per heavy atom. The van der Waals surface area contributed by atoms with Gasteiger partial charge in [-0.15, -0.1) is 0 Å². The minimum Gasteiger partial charge on any atom is -0.454 e. The monoisotopic (exact) mass is 752 g/mol. The maximum atomic E-state index is 7.23. The lowest BCUT2D eigenvalue weighted by atomic mass is 9.83. The fourth-order valence-corrected chi connectivity index (χ4v) is 11.4. The number of nitrogens with zero attached hydrogens (tertiary/aromatic N) is 2. The first-order valence-electron chi connectivity index (χ1n) is 21.7. The fraction of sp³-hybridized carbons (Fsp3) is 0.222. The van der Waals surface area contributed by atoms with E-state index in [1.54, 1.807) is 0 Å². The summed E-state index contributed by atoms with van der Waals surface area (Å²) in [7, 11) is 0. The van der Waals surface area contributed by atoms with Crippen LogP contribution in [-0.2, 0) is 0 Å². The van der Waals surface area contributed by atoms with Gasteiger partial charge in [0.1, 0.15) is 11.2 Å². The summed E-state index contributed by atoms with van der Waals surface area (Å²) >= 11 is 0. The van der Waals surface area contributed by atoms with Crippen molar-refractivity contribution in [1.82, 2.24) is 9.13 Å². The summed E-state index contributed by atoms with van der Waals surface area (Å²) in [6, 6.07) is 49.5. The molecule has 0 radical (unpaired) electrons. The Labute approximate surface area is 336 Å². The van der Waals surface area contributed by atoms with Gasteiger partial charge in [-0.1, -0.05) is 136 Å². The Kier molecular flexibility index (Phi) is 7.13. The van der Waals surface area contributed by atoms with Crippen molar-refractivity contribution in [3.8, 4) is 11.4 Å². The molecular weight excluding hydrogens is 709 g/mol. The summed E-state index contributed by atoms with van der Waals surface area (Å²) in [5.74, 6) is 0.998. The lowest BCUT2D eigenvalue weighted by molar-refractivity contribution is 0.443. The minimum absolute atomic E-state index is 0.499. The highest BCUT2D eigenvalue weighted by Crippen LogP contribution is 2.48. The lowest BCUT2D eigenvalue weighted by Crippen LogP contribution is -2.09. The van der Waals surface area contributed by atoms with Crippen molar-refractivity contribution in [1.29, 1.82) is 0 Å². The molecule has 58 heavy (non-hydrogen) atoms. The molecule has 0 aliphatic heterocycles. The highest BCUT2D eigenvalue weighted by Gasteiger charge is 2.29. The zero-order valence-electron chi connectivity index (χ0n) is 32.6. The van der Waals surface area contributed by atoms with Crippen LogP contribution in [0.25, 0.3) is 98.9 Å². The van der Waals surface area contributed by atoms with E-state index in [-0.39, 0.29) is 0 Å². The van der Waals surface area contributed by atoms with Crippen LogP contribution in [0.1, 0.15) is 87.2 Å². The van der Waals surface area contributed by atoms with Crippen LogP contribution in [0.4, 0.5) is 0 Å². The molecule has 11 aromatic rings. The predicted molar refractivity (Wildman–Crippen MR) is 241 cm³/mol. The van der Waals surface area contributed by atoms with Crippen molar-refractivity contribution in [3.63, 3.8) is 0 Å². The molecule has 0 atom stereocenters. The molecule has 0 spiro atoms. The number of benzene rings is 7. The van der Waals surface area contributed by atoms with Crippen LogP contribution in [0.2, 0.25) is 0 Å². The van der Waals surface area contributed by atoms with E-state index < -0.39 is 0 Å². The average molecular weight is 753 g/mol. The highest BCUT2D eigenvalue weighted by atomic mass is 16.3. The summed E-state index contributed by atoms with van der Waals surface area (Å²) in [5.41, 5.74) is 13.8. The first kappa shape index (κ1) is 32.8. The second-order valence-electron chi connectivity index (χ2n) is 17.2. The molecule has 282 valence electrons. The normalized spacial score (nSPS) is 16.1. The molecule has 13 rings (SSSR count). The van der Waals surface area contributed by atoms with Crippen LogP contribution >= 0.6 is 0 Å². The van der Waals surface area contributed by atoms with Gasteiger partial charge in [0.25, 0.3) is 0 Å². The zero-order chi connectivity index (χ0) is 37.9. The van der Waals surface area contributed by atoms with Gasteiger partial charge in [-0.05, 0) is 85.0 Å². The fourth-order valence-electron chi connectivity index (χ4n) is 11.4. The summed E-state index contributed by atoms with van der Waals surface area (Å²) in [4.78, 5) is 0. The third-order valence-corrected chi connectivity index (χ3v) is 14.1. The third kappa shape index (κ3) is 4.63. The maximum Gasteiger partial charge on any atom is 0.159 e. The number of para-hydroxylation sites is 4. The van der Waals surface area contributed by atoms with E-state index in [0.717, 1.165) is 43.9 Å². The molecule has 2 aliphatic rings.